The molecule has 1 saturated heterocycles. The summed E-state index contributed by atoms with van der Waals surface area (Å²) in [6, 6.07) is 1.42. The number of hydrogen-bond donors (Lipinski definition) is 1. The van der Waals surface area contributed by atoms with Crippen LogP contribution in [0.1, 0.15) is 53.9 Å². The van der Waals surface area contributed by atoms with Crippen molar-refractivity contribution in [2.45, 2.75) is 71.5 Å². The lowest BCUT2D eigenvalue weighted by Gasteiger charge is -2.39. The lowest BCUT2D eigenvalue weighted by Crippen LogP contribution is -2.47. The average molecular weight is 212 g/mol. The molecule has 1 atom stereocenters. The van der Waals surface area contributed by atoms with Crippen LogP contribution in [0.25, 0.3) is 0 Å². The zero-order valence-electron chi connectivity index (χ0n) is 11.1. The molecule has 1 aliphatic heterocycles. The maximum atomic E-state index is 3.58. The van der Waals surface area contributed by atoms with E-state index in [0.29, 0.717) is 11.6 Å². The van der Waals surface area contributed by atoms with Crippen molar-refractivity contribution in [2.24, 2.45) is 0 Å². The van der Waals surface area contributed by atoms with Gasteiger partial charge in [0.25, 0.3) is 0 Å². The van der Waals surface area contributed by atoms with E-state index in [2.05, 4.69) is 44.8 Å². The topological polar surface area (TPSA) is 15.3 Å². The third-order valence-electron chi connectivity index (χ3n) is 3.37. The first-order valence-corrected chi connectivity index (χ1v) is 6.41. The summed E-state index contributed by atoms with van der Waals surface area (Å²) in [5.41, 5.74) is 0.298. The highest BCUT2D eigenvalue weighted by Crippen LogP contribution is 2.19. The minimum Gasteiger partial charge on any atom is -0.314 e. The molecule has 1 unspecified atom stereocenters. The monoisotopic (exact) mass is 212 g/mol. The van der Waals surface area contributed by atoms with Crippen molar-refractivity contribution >= 4 is 0 Å². The Morgan fingerprint density at radius 2 is 2.00 bits per heavy atom. The molecule has 1 aliphatic rings. The van der Waals surface area contributed by atoms with Gasteiger partial charge in [-0.25, -0.2) is 0 Å². The molecule has 2 heteroatoms. The van der Waals surface area contributed by atoms with Crippen molar-refractivity contribution in [1.82, 2.24) is 10.2 Å². The van der Waals surface area contributed by atoms with Crippen molar-refractivity contribution in [1.29, 1.82) is 0 Å². The van der Waals surface area contributed by atoms with Gasteiger partial charge in [0.2, 0.25) is 0 Å². The van der Waals surface area contributed by atoms with Gasteiger partial charge >= 0.3 is 0 Å². The van der Waals surface area contributed by atoms with E-state index in [1.54, 1.807) is 0 Å². The Balaban J connectivity index is 2.37. The molecule has 1 heterocycles. The number of nitrogens with zero attached hydrogens (tertiary/aromatic N) is 1. The fourth-order valence-corrected chi connectivity index (χ4v) is 2.67. The second kappa shape index (κ2) is 5.31. The molecular weight excluding hydrogens is 184 g/mol. The van der Waals surface area contributed by atoms with Crippen LogP contribution in [0.2, 0.25) is 0 Å². The largest absolute Gasteiger partial charge is 0.314 e. The number of rotatable bonds is 4. The fraction of sp³-hybridized carbons (Fsp3) is 1.00. The molecule has 0 aromatic heterocycles. The molecule has 1 N–H and O–H groups in total. The molecule has 1 rings (SSSR count). The summed E-state index contributed by atoms with van der Waals surface area (Å²) in [7, 11) is 0. The Hall–Kier alpha value is -0.0800. The van der Waals surface area contributed by atoms with Gasteiger partial charge in [0, 0.05) is 24.2 Å². The lowest BCUT2D eigenvalue weighted by molar-refractivity contribution is 0.0942. The predicted molar refractivity (Wildman–Crippen MR) is 67.2 cm³/mol. The van der Waals surface area contributed by atoms with Gasteiger partial charge in [0.05, 0.1) is 0 Å². The molecule has 0 saturated carbocycles. The van der Waals surface area contributed by atoms with Crippen molar-refractivity contribution in [3.05, 3.63) is 0 Å². The molecule has 0 spiro atoms. The van der Waals surface area contributed by atoms with Gasteiger partial charge in [-0.2, -0.15) is 0 Å². The van der Waals surface area contributed by atoms with Crippen LogP contribution in [0.15, 0.2) is 0 Å². The highest BCUT2D eigenvalue weighted by molar-refractivity contribution is 4.82. The van der Waals surface area contributed by atoms with Crippen LogP contribution in [0.3, 0.4) is 0 Å². The molecule has 90 valence electrons. The molecule has 0 aromatic rings. The average Bonchev–Trinajstić information content (AvgIpc) is 2.53. The van der Waals surface area contributed by atoms with Gasteiger partial charge in [-0.15, -0.1) is 0 Å². The number of hydrogen-bond acceptors (Lipinski definition) is 2. The van der Waals surface area contributed by atoms with Gasteiger partial charge in [0.15, 0.2) is 0 Å². The Morgan fingerprint density at radius 1 is 1.33 bits per heavy atom. The Kier molecular flexibility index (Phi) is 4.60. The van der Waals surface area contributed by atoms with Gasteiger partial charge in [-0.05, 0) is 60.4 Å². The van der Waals surface area contributed by atoms with Crippen LogP contribution in [0.5, 0.6) is 0 Å². The van der Waals surface area contributed by atoms with Gasteiger partial charge in [0.1, 0.15) is 0 Å². The summed E-state index contributed by atoms with van der Waals surface area (Å²) in [5, 5.41) is 3.58. The van der Waals surface area contributed by atoms with Gasteiger partial charge < -0.3 is 5.32 Å². The fourth-order valence-electron chi connectivity index (χ4n) is 2.67. The van der Waals surface area contributed by atoms with Crippen LogP contribution in [-0.4, -0.2) is 35.6 Å². The van der Waals surface area contributed by atoms with Gasteiger partial charge in [-0.1, -0.05) is 0 Å². The minimum absolute atomic E-state index is 0.298. The van der Waals surface area contributed by atoms with E-state index < -0.39 is 0 Å². The standard InChI is InChI=1S/C13H28N2/c1-11(2)15(13(3,4)5)10-8-12-7-6-9-14-12/h11-12,14H,6-10H2,1-5H3. The van der Waals surface area contributed by atoms with E-state index in [1.807, 2.05) is 0 Å². The quantitative estimate of drug-likeness (QED) is 0.770. The van der Waals surface area contributed by atoms with Crippen LogP contribution < -0.4 is 5.32 Å². The Labute approximate surface area is 95.4 Å². The van der Waals surface area contributed by atoms with Gasteiger partial charge in [-0.3, -0.25) is 4.90 Å². The highest BCUT2D eigenvalue weighted by Gasteiger charge is 2.25. The van der Waals surface area contributed by atoms with E-state index in [-0.39, 0.29) is 0 Å². The highest BCUT2D eigenvalue weighted by atomic mass is 15.2. The summed E-state index contributed by atoms with van der Waals surface area (Å²) < 4.78 is 0. The first-order chi connectivity index (χ1) is 6.91. The normalized spacial score (nSPS) is 23.0. The predicted octanol–water partition coefficient (Wildman–Crippen LogP) is 2.64. The summed E-state index contributed by atoms with van der Waals surface area (Å²) in [6.45, 7) is 14.0. The first kappa shape index (κ1) is 13.0. The SMILES string of the molecule is CC(C)N(CCC1CCCN1)C(C)(C)C. The van der Waals surface area contributed by atoms with E-state index >= 15 is 0 Å². The maximum Gasteiger partial charge on any atom is 0.0127 e. The third kappa shape index (κ3) is 4.12. The Bertz CT molecular complexity index is 175. The van der Waals surface area contributed by atoms with Crippen molar-refractivity contribution < 1.29 is 0 Å². The Morgan fingerprint density at radius 3 is 2.40 bits per heavy atom. The minimum atomic E-state index is 0.298. The summed E-state index contributed by atoms with van der Waals surface area (Å²) in [4.78, 5) is 2.60. The van der Waals surface area contributed by atoms with Crippen LogP contribution in [-0.2, 0) is 0 Å². The van der Waals surface area contributed by atoms with E-state index in [0.717, 1.165) is 6.04 Å². The molecule has 0 amide bonds. The number of nitrogens with one attached hydrogen (secondary N) is 1. The third-order valence-corrected chi connectivity index (χ3v) is 3.37. The summed E-state index contributed by atoms with van der Waals surface area (Å²) in [6.07, 6.45) is 4.04. The van der Waals surface area contributed by atoms with Crippen LogP contribution >= 0.6 is 0 Å². The second-order valence-corrected chi connectivity index (χ2v) is 6.04. The molecule has 1 fully saturated rings. The summed E-state index contributed by atoms with van der Waals surface area (Å²) >= 11 is 0. The summed E-state index contributed by atoms with van der Waals surface area (Å²) in [5.74, 6) is 0. The molecule has 0 aromatic carbocycles. The van der Waals surface area contributed by atoms with Crippen molar-refractivity contribution in [3.63, 3.8) is 0 Å². The first-order valence-electron chi connectivity index (χ1n) is 6.41. The van der Waals surface area contributed by atoms with Crippen molar-refractivity contribution in [2.75, 3.05) is 13.1 Å². The molecule has 15 heavy (non-hydrogen) atoms. The zero-order valence-corrected chi connectivity index (χ0v) is 11.1. The molecule has 0 bridgehead atoms. The molecular formula is C13H28N2. The van der Waals surface area contributed by atoms with Crippen LogP contribution in [0, 0.1) is 0 Å². The smallest absolute Gasteiger partial charge is 0.0127 e. The zero-order chi connectivity index (χ0) is 11.5. The van der Waals surface area contributed by atoms with Crippen molar-refractivity contribution in [3.8, 4) is 0 Å². The molecule has 2 nitrogen and oxygen atoms in total. The van der Waals surface area contributed by atoms with E-state index in [1.165, 1.54) is 32.4 Å². The molecule has 0 aliphatic carbocycles. The second-order valence-electron chi connectivity index (χ2n) is 6.04. The van der Waals surface area contributed by atoms with E-state index in [9.17, 15) is 0 Å². The van der Waals surface area contributed by atoms with E-state index in [4.69, 9.17) is 0 Å². The maximum absolute atomic E-state index is 3.58. The molecule has 0 radical (unpaired) electrons. The lowest BCUT2D eigenvalue weighted by atomic mass is 10.0. The van der Waals surface area contributed by atoms with Crippen LogP contribution in [0.4, 0.5) is 0 Å².